The van der Waals surface area contributed by atoms with Crippen LogP contribution in [0, 0.1) is 13.8 Å². The molecule has 2 aromatic heterocycles. The molecule has 1 aromatic carbocycles. The topological polar surface area (TPSA) is 46.4 Å². The van der Waals surface area contributed by atoms with Gasteiger partial charge in [0.1, 0.15) is 5.69 Å². The molecular formula is C14H12BrN3OS. The molecule has 3 rings (SSSR count). The Hall–Kier alpha value is -1.66. The number of hydrogen-bond donors (Lipinski definition) is 1. The Morgan fingerprint density at radius 3 is 2.90 bits per heavy atom. The normalized spacial score (nSPS) is 10.9. The number of imidazole rings is 1. The Balaban J connectivity index is 1.86. The van der Waals surface area contributed by atoms with Crippen LogP contribution in [0.2, 0.25) is 0 Å². The van der Waals surface area contributed by atoms with Gasteiger partial charge >= 0.3 is 0 Å². The van der Waals surface area contributed by atoms with Gasteiger partial charge in [0.25, 0.3) is 5.91 Å². The molecule has 0 aliphatic carbocycles. The highest BCUT2D eigenvalue weighted by Gasteiger charge is 2.13. The summed E-state index contributed by atoms with van der Waals surface area (Å²) in [6.07, 6.45) is 1.77. The Bertz CT molecular complexity index is 806. The van der Waals surface area contributed by atoms with Crippen molar-refractivity contribution in [1.29, 1.82) is 0 Å². The summed E-state index contributed by atoms with van der Waals surface area (Å²) in [5.74, 6) is -0.193. The van der Waals surface area contributed by atoms with Crippen LogP contribution in [-0.2, 0) is 0 Å². The lowest BCUT2D eigenvalue weighted by Crippen LogP contribution is -2.12. The SMILES string of the molecule is Cc1cc(NC(=O)c2cn3c(C)csc3n2)ccc1Br. The van der Waals surface area contributed by atoms with E-state index in [1.165, 1.54) is 11.3 Å². The third kappa shape index (κ3) is 2.36. The Morgan fingerprint density at radius 2 is 2.20 bits per heavy atom. The smallest absolute Gasteiger partial charge is 0.275 e. The van der Waals surface area contributed by atoms with Gasteiger partial charge in [-0.1, -0.05) is 15.9 Å². The standard InChI is InChI=1S/C14H12BrN3OS/c1-8-5-10(3-4-11(8)15)16-13(19)12-6-18-9(2)7-20-14(18)17-12/h3-7H,1-2H3,(H,16,19). The maximum absolute atomic E-state index is 12.2. The first-order valence-corrected chi connectivity index (χ1v) is 7.72. The van der Waals surface area contributed by atoms with Crippen LogP contribution < -0.4 is 5.32 Å². The average Bonchev–Trinajstić information content (AvgIpc) is 2.97. The number of nitrogens with zero attached hydrogens (tertiary/aromatic N) is 2. The zero-order chi connectivity index (χ0) is 14.3. The molecule has 0 atom stereocenters. The Morgan fingerprint density at radius 1 is 1.40 bits per heavy atom. The molecule has 0 radical (unpaired) electrons. The van der Waals surface area contributed by atoms with Crippen LogP contribution in [0.4, 0.5) is 5.69 Å². The number of anilines is 1. The molecule has 1 N–H and O–H groups in total. The van der Waals surface area contributed by atoms with Crippen molar-refractivity contribution in [3.05, 3.63) is 51.2 Å². The highest BCUT2D eigenvalue weighted by Crippen LogP contribution is 2.21. The summed E-state index contributed by atoms with van der Waals surface area (Å²) in [6, 6.07) is 5.70. The van der Waals surface area contributed by atoms with Crippen molar-refractivity contribution in [1.82, 2.24) is 9.38 Å². The lowest BCUT2D eigenvalue weighted by atomic mass is 10.2. The van der Waals surface area contributed by atoms with Gasteiger partial charge in [-0.15, -0.1) is 11.3 Å². The highest BCUT2D eigenvalue weighted by atomic mass is 79.9. The first kappa shape index (κ1) is 13.3. The Labute approximate surface area is 128 Å². The number of fused-ring (bicyclic) bond motifs is 1. The van der Waals surface area contributed by atoms with Gasteiger partial charge in [-0.3, -0.25) is 9.20 Å². The minimum Gasteiger partial charge on any atom is -0.321 e. The number of amides is 1. The number of benzene rings is 1. The van der Waals surface area contributed by atoms with E-state index >= 15 is 0 Å². The average molecular weight is 350 g/mol. The zero-order valence-corrected chi connectivity index (χ0v) is 13.4. The van der Waals surface area contributed by atoms with Crippen molar-refractivity contribution in [2.24, 2.45) is 0 Å². The maximum atomic E-state index is 12.2. The molecule has 6 heteroatoms. The summed E-state index contributed by atoms with van der Waals surface area (Å²) in [5, 5.41) is 4.88. The second-order valence-electron chi connectivity index (χ2n) is 4.57. The van der Waals surface area contributed by atoms with E-state index in [2.05, 4.69) is 26.2 Å². The predicted octanol–water partition coefficient (Wildman–Crippen LogP) is 4.03. The summed E-state index contributed by atoms with van der Waals surface area (Å²) < 4.78 is 2.94. The zero-order valence-electron chi connectivity index (χ0n) is 11.0. The molecule has 0 bridgehead atoms. The quantitative estimate of drug-likeness (QED) is 0.759. The number of rotatable bonds is 2. The van der Waals surface area contributed by atoms with Crippen molar-refractivity contribution in [3.63, 3.8) is 0 Å². The van der Waals surface area contributed by atoms with Crippen molar-refractivity contribution in [2.45, 2.75) is 13.8 Å². The third-order valence-corrected chi connectivity index (χ3v) is 4.88. The van der Waals surface area contributed by atoms with Crippen LogP contribution in [0.3, 0.4) is 0 Å². The molecule has 3 aromatic rings. The van der Waals surface area contributed by atoms with Crippen molar-refractivity contribution >= 4 is 43.8 Å². The number of carbonyl (C=O) groups is 1. The second kappa shape index (κ2) is 5.03. The van der Waals surface area contributed by atoms with Crippen molar-refractivity contribution < 1.29 is 4.79 Å². The number of thiazole rings is 1. The maximum Gasteiger partial charge on any atom is 0.275 e. The van der Waals surface area contributed by atoms with Crippen molar-refractivity contribution in [3.8, 4) is 0 Å². The fourth-order valence-corrected chi connectivity index (χ4v) is 3.02. The molecule has 0 saturated heterocycles. The molecular weight excluding hydrogens is 338 g/mol. The molecule has 20 heavy (non-hydrogen) atoms. The monoisotopic (exact) mass is 349 g/mol. The lowest BCUT2D eigenvalue weighted by molar-refractivity contribution is 0.102. The summed E-state index contributed by atoms with van der Waals surface area (Å²) >= 11 is 4.97. The first-order valence-electron chi connectivity index (χ1n) is 6.05. The summed E-state index contributed by atoms with van der Waals surface area (Å²) in [4.78, 5) is 17.4. The van der Waals surface area contributed by atoms with Crippen molar-refractivity contribution in [2.75, 3.05) is 5.32 Å². The van der Waals surface area contributed by atoms with E-state index in [4.69, 9.17) is 0 Å². The van der Waals surface area contributed by atoms with Crippen LogP contribution >= 0.6 is 27.3 Å². The number of nitrogens with one attached hydrogen (secondary N) is 1. The van der Waals surface area contributed by atoms with Gasteiger partial charge in [0.05, 0.1) is 0 Å². The molecule has 0 saturated carbocycles. The van der Waals surface area contributed by atoms with Gasteiger partial charge in [0.15, 0.2) is 4.96 Å². The number of carbonyl (C=O) groups excluding carboxylic acids is 1. The highest BCUT2D eigenvalue weighted by molar-refractivity contribution is 9.10. The number of halogens is 1. The van der Waals surface area contributed by atoms with Gasteiger partial charge < -0.3 is 5.32 Å². The molecule has 0 aliphatic rings. The molecule has 0 fully saturated rings. The van der Waals surface area contributed by atoms with Crippen LogP contribution in [0.5, 0.6) is 0 Å². The molecule has 0 aliphatic heterocycles. The van der Waals surface area contributed by atoms with Crippen LogP contribution in [0.15, 0.2) is 34.2 Å². The Kier molecular flexibility index (Phi) is 3.35. The summed E-state index contributed by atoms with van der Waals surface area (Å²) in [7, 11) is 0. The third-order valence-electron chi connectivity index (χ3n) is 3.04. The summed E-state index contributed by atoms with van der Waals surface area (Å²) in [6.45, 7) is 3.97. The van der Waals surface area contributed by atoms with E-state index in [0.29, 0.717) is 5.69 Å². The molecule has 1 amide bonds. The van der Waals surface area contributed by atoms with E-state index < -0.39 is 0 Å². The van der Waals surface area contributed by atoms with Gasteiger partial charge in [-0.2, -0.15) is 0 Å². The molecule has 2 heterocycles. The number of aryl methyl sites for hydroxylation is 2. The van der Waals surface area contributed by atoms with E-state index in [-0.39, 0.29) is 5.91 Å². The second-order valence-corrected chi connectivity index (χ2v) is 6.26. The predicted molar refractivity (Wildman–Crippen MR) is 84.6 cm³/mol. The van der Waals surface area contributed by atoms with Crippen LogP contribution in [0.1, 0.15) is 21.7 Å². The van der Waals surface area contributed by atoms with Crippen LogP contribution in [-0.4, -0.2) is 15.3 Å². The molecule has 102 valence electrons. The van der Waals surface area contributed by atoms with E-state index in [1.54, 1.807) is 6.20 Å². The molecule has 0 unspecified atom stereocenters. The van der Waals surface area contributed by atoms with Gasteiger partial charge in [0.2, 0.25) is 0 Å². The van der Waals surface area contributed by atoms with Gasteiger partial charge in [0, 0.05) is 27.4 Å². The lowest BCUT2D eigenvalue weighted by Gasteiger charge is -2.05. The first-order chi connectivity index (χ1) is 9.54. The molecule has 0 spiro atoms. The van der Waals surface area contributed by atoms with E-state index in [1.807, 2.05) is 41.8 Å². The van der Waals surface area contributed by atoms with E-state index in [9.17, 15) is 4.79 Å². The fourth-order valence-electron chi connectivity index (χ4n) is 1.92. The largest absolute Gasteiger partial charge is 0.321 e. The number of aromatic nitrogens is 2. The minimum atomic E-state index is -0.193. The van der Waals surface area contributed by atoms with E-state index in [0.717, 1.165) is 26.4 Å². The van der Waals surface area contributed by atoms with Crippen LogP contribution in [0.25, 0.3) is 4.96 Å². The molecule has 4 nitrogen and oxygen atoms in total. The number of hydrogen-bond acceptors (Lipinski definition) is 3. The van der Waals surface area contributed by atoms with Gasteiger partial charge in [-0.05, 0) is 37.6 Å². The minimum absolute atomic E-state index is 0.193. The fraction of sp³-hybridized carbons (Fsp3) is 0.143. The summed E-state index contributed by atoms with van der Waals surface area (Å²) in [5.41, 5.74) is 3.35. The van der Waals surface area contributed by atoms with Gasteiger partial charge in [-0.25, -0.2) is 4.98 Å².